The summed E-state index contributed by atoms with van der Waals surface area (Å²) in [6, 6.07) is 5.98. The summed E-state index contributed by atoms with van der Waals surface area (Å²) in [5, 5.41) is 0. The zero-order chi connectivity index (χ0) is 14.1. The molecule has 3 aliphatic heterocycles. The van der Waals surface area contributed by atoms with Crippen LogP contribution in [0.5, 0.6) is 11.5 Å². The fourth-order valence-corrected chi connectivity index (χ4v) is 3.41. The van der Waals surface area contributed by atoms with Crippen LogP contribution in [0, 0.1) is 5.92 Å². The molecule has 0 aromatic heterocycles. The summed E-state index contributed by atoms with van der Waals surface area (Å²) >= 11 is 0. The summed E-state index contributed by atoms with van der Waals surface area (Å²) in [6.07, 6.45) is 2.86. The quantitative estimate of drug-likeness (QED) is 0.841. The van der Waals surface area contributed by atoms with Crippen LogP contribution in [-0.4, -0.2) is 44.0 Å². The first-order chi connectivity index (χ1) is 9.72. The van der Waals surface area contributed by atoms with Crippen molar-refractivity contribution in [3.05, 3.63) is 23.8 Å². The molecule has 0 saturated carbocycles. The fraction of sp³-hybridized carbons (Fsp3) is 0.562. The van der Waals surface area contributed by atoms with Crippen LogP contribution in [0.4, 0.5) is 0 Å². The average Bonchev–Trinajstić information content (AvgIpc) is 2.51. The van der Waals surface area contributed by atoms with Crippen LogP contribution in [-0.2, 0) is 11.2 Å². The van der Waals surface area contributed by atoms with Gasteiger partial charge < -0.3 is 9.47 Å². The van der Waals surface area contributed by atoms with Gasteiger partial charge in [0, 0.05) is 5.92 Å². The summed E-state index contributed by atoms with van der Waals surface area (Å²) in [7, 11) is 3.27. The Bertz CT molecular complexity index is 506. The second-order valence-corrected chi connectivity index (χ2v) is 5.62. The lowest BCUT2D eigenvalue weighted by atomic mass is 9.80. The highest BCUT2D eigenvalue weighted by molar-refractivity contribution is 5.88. The summed E-state index contributed by atoms with van der Waals surface area (Å²) in [5.41, 5.74) is 1.13. The summed E-state index contributed by atoms with van der Waals surface area (Å²) in [6.45, 7) is 2.13. The minimum absolute atomic E-state index is 0.0561. The van der Waals surface area contributed by atoms with Crippen molar-refractivity contribution in [2.75, 3.05) is 27.3 Å². The number of Topliss-reactive ketones (excluding diaryl/α,β-unsaturated/α-hetero) is 1. The molecule has 3 fully saturated rings. The van der Waals surface area contributed by atoms with Gasteiger partial charge >= 0.3 is 0 Å². The molecule has 1 aromatic carbocycles. The van der Waals surface area contributed by atoms with Gasteiger partial charge in [0.1, 0.15) is 0 Å². The van der Waals surface area contributed by atoms with Crippen molar-refractivity contribution in [2.24, 2.45) is 5.92 Å². The van der Waals surface area contributed by atoms with Crippen molar-refractivity contribution < 1.29 is 14.3 Å². The van der Waals surface area contributed by atoms with Crippen LogP contribution in [0.2, 0.25) is 0 Å². The lowest BCUT2D eigenvalue weighted by molar-refractivity contribution is -0.136. The number of hydrogen-bond donors (Lipinski definition) is 0. The third kappa shape index (κ3) is 2.29. The Morgan fingerprint density at radius 1 is 1.15 bits per heavy atom. The maximum atomic E-state index is 12.4. The third-order valence-electron chi connectivity index (χ3n) is 4.58. The minimum Gasteiger partial charge on any atom is -0.493 e. The molecule has 4 heteroatoms. The predicted molar refractivity (Wildman–Crippen MR) is 76.3 cm³/mol. The molecule has 2 bridgehead atoms. The fourth-order valence-electron chi connectivity index (χ4n) is 3.41. The Balaban J connectivity index is 1.79. The SMILES string of the molecule is COc1ccc(CC2C(=O)C3CCN2CC3)cc1OC. The zero-order valence-electron chi connectivity index (χ0n) is 12.1. The summed E-state index contributed by atoms with van der Waals surface area (Å²) in [5.74, 6) is 2.18. The van der Waals surface area contributed by atoms with E-state index in [1.807, 2.05) is 18.2 Å². The molecule has 1 atom stereocenters. The van der Waals surface area contributed by atoms with Gasteiger partial charge in [-0.25, -0.2) is 0 Å². The number of benzene rings is 1. The number of piperidine rings is 3. The molecule has 0 aliphatic carbocycles. The van der Waals surface area contributed by atoms with Gasteiger partial charge in [0.05, 0.1) is 20.3 Å². The van der Waals surface area contributed by atoms with E-state index < -0.39 is 0 Å². The number of rotatable bonds is 4. The molecule has 0 N–H and O–H groups in total. The highest BCUT2D eigenvalue weighted by Crippen LogP contribution is 2.33. The molecule has 3 heterocycles. The van der Waals surface area contributed by atoms with E-state index in [4.69, 9.17) is 9.47 Å². The standard InChI is InChI=1S/C16H21NO3/c1-19-14-4-3-11(10-15(14)20-2)9-13-16(18)12-5-7-17(13)8-6-12/h3-4,10,12-13H,5-9H2,1-2H3. The molecular formula is C16H21NO3. The summed E-state index contributed by atoms with van der Waals surface area (Å²) < 4.78 is 10.6. The summed E-state index contributed by atoms with van der Waals surface area (Å²) in [4.78, 5) is 14.7. The molecule has 1 unspecified atom stereocenters. The van der Waals surface area contributed by atoms with E-state index in [1.165, 1.54) is 0 Å². The number of carbonyl (C=O) groups is 1. The second-order valence-electron chi connectivity index (χ2n) is 5.62. The number of carbonyl (C=O) groups excluding carboxylic acids is 1. The van der Waals surface area contributed by atoms with Gasteiger partial charge in [-0.05, 0) is 50.0 Å². The molecule has 4 nitrogen and oxygen atoms in total. The van der Waals surface area contributed by atoms with E-state index >= 15 is 0 Å². The van der Waals surface area contributed by atoms with Crippen molar-refractivity contribution in [2.45, 2.75) is 25.3 Å². The normalized spacial score (nSPS) is 28.5. The number of nitrogens with zero attached hydrogens (tertiary/aromatic N) is 1. The van der Waals surface area contributed by atoms with Crippen molar-refractivity contribution >= 4 is 5.78 Å². The Morgan fingerprint density at radius 2 is 1.85 bits per heavy atom. The van der Waals surface area contributed by atoms with Gasteiger partial charge in [0.2, 0.25) is 0 Å². The Kier molecular flexibility index (Phi) is 3.66. The van der Waals surface area contributed by atoms with Gasteiger partial charge in [-0.15, -0.1) is 0 Å². The zero-order valence-corrected chi connectivity index (χ0v) is 12.1. The molecule has 20 heavy (non-hydrogen) atoms. The third-order valence-corrected chi connectivity index (χ3v) is 4.58. The maximum absolute atomic E-state index is 12.4. The number of hydrogen-bond acceptors (Lipinski definition) is 4. The lowest BCUT2D eigenvalue weighted by Gasteiger charge is -2.44. The number of methoxy groups -OCH3 is 2. The molecule has 0 radical (unpaired) electrons. The number of fused-ring (bicyclic) bond motifs is 3. The van der Waals surface area contributed by atoms with Gasteiger partial charge in [-0.2, -0.15) is 0 Å². The maximum Gasteiger partial charge on any atom is 0.160 e. The van der Waals surface area contributed by atoms with Gasteiger partial charge in [0.15, 0.2) is 17.3 Å². The van der Waals surface area contributed by atoms with Crippen LogP contribution in [0.25, 0.3) is 0 Å². The van der Waals surface area contributed by atoms with E-state index in [0.29, 0.717) is 11.7 Å². The van der Waals surface area contributed by atoms with Gasteiger partial charge in [-0.3, -0.25) is 9.69 Å². The highest BCUT2D eigenvalue weighted by Gasteiger charge is 2.40. The van der Waals surface area contributed by atoms with E-state index in [0.717, 1.165) is 49.4 Å². The molecule has 1 aromatic rings. The van der Waals surface area contributed by atoms with Crippen LogP contribution < -0.4 is 9.47 Å². The monoisotopic (exact) mass is 275 g/mol. The molecule has 0 spiro atoms. The largest absolute Gasteiger partial charge is 0.493 e. The van der Waals surface area contributed by atoms with Crippen molar-refractivity contribution in [3.63, 3.8) is 0 Å². The van der Waals surface area contributed by atoms with Gasteiger partial charge in [-0.1, -0.05) is 6.07 Å². The van der Waals surface area contributed by atoms with Crippen LogP contribution in [0.1, 0.15) is 18.4 Å². The Hall–Kier alpha value is -1.55. The van der Waals surface area contributed by atoms with E-state index in [9.17, 15) is 4.79 Å². The molecule has 0 amide bonds. The predicted octanol–water partition coefficient (Wildman–Crippen LogP) is 1.91. The molecule has 3 aliphatic rings. The van der Waals surface area contributed by atoms with Crippen molar-refractivity contribution in [3.8, 4) is 11.5 Å². The lowest BCUT2D eigenvalue weighted by Crippen LogP contribution is -2.56. The first-order valence-corrected chi connectivity index (χ1v) is 7.21. The average molecular weight is 275 g/mol. The minimum atomic E-state index is 0.0561. The Morgan fingerprint density at radius 3 is 2.45 bits per heavy atom. The van der Waals surface area contributed by atoms with E-state index in [2.05, 4.69) is 4.90 Å². The number of ketones is 1. The highest BCUT2D eigenvalue weighted by atomic mass is 16.5. The van der Waals surface area contributed by atoms with Crippen LogP contribution in [0.3, 0.4) is 0 Å². The van der Waals surface area contributed by atoms with E-state index in [-0.39, 0.29) is 6.04 Å². The first-order valence-electron chi connectivity index (χ1n) is 7.21. The Labute approximate surface area is 119 Å². The second kappa shape index (κ2) is 5.44. The van der Waals surface area contributed by atoms with Crippen molar-refractivity contribution in [1.82, 2.24) is 4.90 Å². The van der Waals surface area contributed by atoms with Gasteiger partial charge in [0.25, 0.3) is 0 Å². The molecule has 4 rings (SSSR count). The van der Waals surface area contributed by atoms with Crippen LogP contribution >= 0.6 is 0 Å². The first kappa shape index (κ1) is 13.4. The molecular weight excluding hydrogens is 254 g/mol. The molecule has 108 valence electrons. The van der Waals surface area contributed by atoms with E-state index in [1.54, 1.807) is 14.2 Å². The van der Waals surface area contributed by atoms with Crippen LogP contribution in [0.15, 0.2) is 18.2 Å². The molecule has 3 saturated heterocycles. The topological polar surface area (TPSA) is 38.8 Å². The van der Waals surface area contributed by atoms with Crippen molar-refractivity contribution in [1.29, 1.82) is 0 Å². The number of ether oxygens (including phenoxy) is 2. The smallest absolute Gasteiger partial charge is 0.160 e.